The molecule has 0 spiro atoms. The van der Waals surface area contributed by atoms with Crippen molar-refractivity contribution >= 4 is 28.9 Å². The molecule has 1 aliphatic heterocycles. The van der Waals surface area contributed by atoms with Crippen molar-refractivity contribution in [3.8, 4) is 5.75 Å². The zero-order valence-electron chi connectivity index (χ0n) is 10.9. The molecule has 0 aromatic heterocycles. The number of amides is 2. The first-order valence-electron chi connectivity index (χ1n) is 6.30. The van der Waals surface area contributed by atoms with Gasteiger partial charge in [-0.15, -0.1) is 0 Å². The SMILES string of the molecule is NC(=S)COc1ccc(NC(=O)NC2CCOC2)cc1. The molecule has 108 valence electrons. The minimum atomic E-state index is -0.239. The maximum absolute atomic E-state index is 11.7. The lowest BCUT2D eigenvalue weighted by Gasteiger charge is -2.12. The number of hydrogen-bond donors (Lipinski definition) is 3. The molecule has 0 radical (unpaired) electrons. The first-order chi connectivity index (χ1) is 9.63. The van der Waals surface area contributed by atoms with Gasteiger partial charge in [-0.2, -0.15) is 0 Å². The van der Waals surface area contributed by atoms with Gasteiger partial charge in [0.05, 0.1) is 12.6 Å². The van der Waals surface area contributed by atoms with Crippen LogP contribution in [0.5, 0.6) is 5.75 Å². The number of anilines is 1. The average molecular weight is 295 g/mol. The van der Waals surface area contributed by atoms with Crippen LogP contribution in [0.25, 0.3) is 0 Å². The van der Waals surface area contributed by atoms with E-state index in [0.717, 1.165) is 6.42 Å². The van der Waals surface area contributed by atoms with Crippen molar-refractivity contribution < 1.29 is 14.3 Å². The summed E-state index contributed by atoms with van der Waals surface area (Å²) in [6, 6.07) is 6.83. The molecule has 0 saturated carbocycles. The fourth-order valence-corrected chi connectivity index (χ4v) is 1.85. The summed E-state index contributed by atoms with van der Waals surface area (Å²) in [5.41, 5.74) is 6.03. The number of nitrogens with two attached hydrogens (primary N) is 1. The van der Waals surface area contributed by atoms with Crippen LogP contribution in [-0.2, 0) is 4.74 Å². The minimum Gasteiger partial charge on any atom is -0.487 e. The van der Waals surface area contributed by atoms with Crippen LogP contribution in [0.4, 0.5) is 10.5 Å². The predicted molar refractivity (Wildman–Crippen MR) is 80.1 cm³/mol. The third kappa shape index (κ3) is 4.67. The van der Waals surface area contributed by atoms with Crippen LogP contribution >= 0.6 is 12.2 Å². The van der Waals surface area contributed by atoms with Gasteiger partial charge in [0.2, 0.25) is 0 Å². The summed E-state index contributed by atoms with van der Waals surface area (Å²) in [4.78, 5) is 12.0. The second kappa shape index (κ2) is 7.06. The number of rotatable bonds is 5. The molecule has 0 bridgehead atoms. The van der Waals surface area contributed by atoms with Crippen LogP contribution in [0.15, 0.2) is 24.3 Å². The Morgan fingerprint density at radius 2 is 2.20 bits per heavy atom. The Morgan fingerprint density at radius 3 is 2.80 bits per heavy atom. The Kier molecular flexibility index (Phi) is 5.14. The summed E-state index contributed by atoms with van der Waals surface area (Å²) in [5.74, 6) is 0.646. The summed E-state index contributed by atoms with van der Waals surface area (Å²) in [6.07, 6.45) is 0.846. The summed E-state index contributed by atoms with van der Waals surface area (Å²) in [6.45, 7) is 1.46. The number of carbonyl (C=O) groups excluding carboxylic acids is 1. The zero-order chi connectivity index (χ0) is 14.4. The molecule has 1 atom stereocenters. The molecule has 7 heteroatoms. The van der Waals surface area contributed by atoms with E-state index < -0.39 is 0 Å². The maximum atomic E-state index is 11.7. The number of nitrogens with one attached hydrogen (secondary N) is 2. The lowest BCUT2D eigenvalue weighted by Crippen LogP contribution is -2.38. The number of urea groups is 1. The molecule has 1 unspecified atom stereocenters. The number of benzene rings is 1. The van der Waals surface area contributed by atoms with E-state index in [0.29, 0.717) is 29.6 Å². The number of hydrogen-bond acceptors (Lipinski definition) is 4. The molecule has 0 aliphatic carbocycles. The van der Waals surface area contributed by atoms with E-state index in [-0.39, 0.29) is 18.7 Å². The molecule has 2 amide bonds. The molecule has 2 rings (SSSR count). The normalized spacial score (nSPS) is 17.5. The number of ether oxygens (including phenoxy) is 2. The van der Waals surface area contributed by atoms with E-state index in [1.165, 1.54) is 0 Å². The van der Waals surface area contributed by atoms with Crippen molar-refractivity contribution in [3.05, 3.63) is 24.3 Å². The van der Waals surface area contributed by atoms with Crippen molar-refractivity contribution in [2.24, 2.45) is 5.73 Å². The molecule has 1 fully saturated rings. The van der Waals surface area contributed by atoms with Gasteiger partial charge < -0.3 is 25.8 Å². The number of thiocarbonyl (C=S) groups is 1. The van der Waals surface area contributed by atoms with Crippen LogP contribution in [-0.4, -0.2) is 36.9 Å². The van der Waals surface area contributed by atoms with E-state index in [2.05, 4.69) is 10.6 Å². The van der Waals surface area contributed by atoms with Gasteiger partial charge >= 0.3 is 6.03 Å². The maximum Gasteiger partial charge on any atom is 0.319 e. The highest BCUT2D eigenvalue weighted by Crippen LogP contribution is 2.15. The summed E-state index contributed by atoms with van der Waals surface area (Å²) in [7, 11) is 0. The van der Waals surface area contributed by atoms with Gasteiger partial charge in [-0.05, 0) is 30.7 Å². The van der Waals surface area contributed by atoms with Gasteiger partial charge in [0, 0.05) is 12.3 Å². The fourth-order valence-electron chi connectivity index (χ4n) is 1.79. The van der Waals surface area contributed by atoms with Crippen molar-refractivity contribution in [2.75, 3.05) is 25.1 Å². The van der Waals surface area contributed by atoms with Gasteiger partial charge in [-0.25, -0.2) is 4.79 Å². The van der Waals surface area contributed by atoms with Crippen molar-refractivity contribution in [1.29, 1.82) is 0 Å². The summed E-state index contributed by atoms with van der Waals surface area (Å²) < 4.78 is 10.5. The Balaban J connectivity index is 1.80. The molecular formula is C13H17N3O3S. The molecule has 1 heterocycles. The van der Waals surface area contributed by atoms with Gasteiger partial charge in [0.25, 0.3) is 0 Å². The van der Waals surface area contributed by atoms with Gasteiger partial charge in [0.1, 0.15) is 17.3 Å². The third-order valence-corrected chi connectivity index (χ3v) is 2.88. The van der Waals surface area contributed by atoms with Crippen molar-refractivity contribution in [2.45, 2.75) is 12.5 Å². The zero-order valence-corrected chi connectivity index (χ0v) is 11.7. The van der Waals surface area contributed by atoms with E-state index in [1.807, 2.05) is 0 Å². The van der Waals surface area contributed by atoms with Crippen LogP contribution in [0.3, 0.4) is 0 Å². The van der Waals surface area contributed by atoms with Gasteiger partial charge in [0.15, 0.2) is 0 Å². The fraction of sp³-hybridized carbons (Fsp3) is 0.385. The molecular weight excluding hydrogens is 278 g/mol. The van der Waals surface area contributed by atoms with Crippen LogP contribution in [0, 0.1) is 0 Å². The second-order valence-electron chi connectivity index (χ2n) is 4.44. The topological polar surface area (TPSA) is 85.6 Å². The van der Waals surface area contributed by atoms with E-state index in [9.17, 15) is 4.79 Å². The first-order valence-corrected chi connectivity index (χ1v) is 6.71. The molecule has 1 aromatic rings. The molecule has 1 aromatic carbocycles. The lowest BCUT2D eigenvalue weighted by molar-refractivity contribution is 0.189. The van der Waals surface area contributed by atoms with Gasteiger partial charge in [-0.3, -0.25) is 0 Å². The minimum absolute atomic E-state index is 0.0863. The largest absolute Gasteiger partial charge is 0.487 e. The van der Waals surface area contributed by atoms with E-state index >= 15 is 0 Å². The molecule has 4 N–H and O–H groups in total. The summed E-state index contributed by atoms with van der Waals surface area (Å²) >= 11 is 4.72. The Morgan fingerprint density at radius 1 is 1.45 bits per heavy atom. The van der Waals surface area contributed by atoms with Gasteiger partial charge in [-0.1, -0.05) is 12.2 Å². The highest BCUT2D eigenvalue weighted by atomic mass is 32.1. The van der Waals surface area contributed by atoms with Crippen LogP contribution < -0.4 is 21.1 Å². The standard InChI is InChI=1S/C13H17N3O3S/c14-12(20)8-19-11-3-1-9(2-4-11)15-13(17)16-10-5-6-18-7-10/h1-4,10H,5-8H2,(H2,14,20)(H2,15,16,17). The van der Waals surface area contributed by atoms with Crippen LogP contribution in [0.2, 0.25) is 0 Å². The smallest absolute Gasteiger partial charge is 0.319 e. The monoisotopic (exact) mass is 295 g/mol. The third-order valence-electron chi connectivity index (χ3n) is 2.76. The first kappa shape index (κ1) is 14.5. The lowest BCUT2D eigenvalue weighted by atomic mass is 10.2. The second-order valence-corrected chi connectivity index (χ2v) is 4.96. The highest BCUT2D eigenvalue weighted by Gasteiger charge is 2.17. The van der Waals surface area contributed by atoms with E-state index in [1.54, 1.807) is 24.3 Å². The van der Waals surface area contributed by atoms with Crippen LogP contribution in [0.1, 0.15) is 6.42 Å². The highest BCUT2D eigenvalue weighted by molar-refractivity contribution is 7.80. The predicted octanol–water partition coefficient (Wildman–Crippen LogP) is 1.26. The molecule has 1 saturated heterocycles. The van der Waals surface area contributed by atoms with E-state index in [4.69, 9.17) is 27.4 Å². The Hall–Kier alpha value is -1.86. The molecule has 1 aliphatic rings. The average Bonchev–Trinajstić information content (AvgIpc) is 2.90. The Bertz CT molecular complexity index is 472. The molecule has 20 heavy (non-hydrogen) atoms. The quantitative estimate of drug-likeness (QED) is 0.712. The Labute approximate surface area is 122 Å². The summed E-state index contributed by atoms with van der Waals surface area (Å²) in [5, 5.41) is 5.59. The van der Waals surface area contributed by atoms with Crippen molar-refractivity contribution in [3.63, 3.8) is 0 Å². The number of carbonyl (C=O) groups is 1. The van der Waals surface area contributed by atoms with Crippen molar-refractivity contribution in [1.82, 2.24) is 5.32 Å². The molecule has 6 nitrogen and oxygen atoms in total.